The molecule has 0 unspecified atom stereocenters. The summed E-state index contributed by atoms with van der Waals surface area (Å²) in [5.74, 6) is -13.6. The zero-order valence-electron chi connectivity index (χ0n) is 62.0. The van der Waals surface area contributed by atoms with Crippen molar-refractivity contribution in [2.45, 2.75) is 198 Å². The third kappa shape index (κ3) is 22.6. The van der Waals surface area contributed by atoms with E-state index < -0.39 is 181 Å². The fourth-order valence-corrected chi connectivity index (χ4v) is 14.5. The Bertz CT molecular complexity index is 3400. The SMILES string of the molecule is C=CCN1C(=O)[C@H](CC(C)(F)F)N(C)C(=O)C[C@@H](C(=O)N2CCCC2)N(C)C(=O)[C@H](C2CCCCC2)N(C)C(=O)CCCCNC(=O)[C@@H]2CCCN2C(=O)[C@H](CCc2ccc(C(F)(F)F)c(Cl)c2)NC(=O)CN(C)C(=O)[C@H](Cc2ccc(C)cc2)N(C)C(=O)CN(C)C(=O)CN(C)C(=O)[C@@H]1[C@@H](C)CC. The van der Waals surface area contributed by atoms with Gasteiger partial charge in [0.25, 0.3) is 0 Å². The Kier molecular flexibility index (Phi) is 31.1. The van der Waals surface area contributed by atoms with Crippen LogP contribution in [0.4, 0.5) is 22.0 Å². The highest BCUT2D eigenvalue weighted by Gasteiger charge is 2.47. The largest absolute Gasteiger partial charge is 0.417 e. The van der Waals surface area contributed by atoms with Crippen molar-refractivity contribution in [3.05, 3.63) is 82.4 Å². The summed E-state index contributed by atoms with van der Waals surface area (Å²) in [5, 5.41) is 4.97. The van der Waals surface area contributed by atoms with Gasteiger partial charge >= 0.3 is 6.18 Å². The van der Waals surface area contributed by atoms with Gasteiger partial charge in [-0.1, -0.05) is 93.1 Å². The van der Waals surface area contributed by atoms with E-state index in [0.717, 1.165) is 78.3 Å². The van der Waals surface area contributed by atoms with Gasteiger partial charge in [-0.15, -0.1) is 6.58 Å². The Labute approximate surface area is 612 Å². The predicted molar refractivity (Wildman–Crippen MR) is 380 cm³/mol. The van der Waals surface area contributed by atoms with Gasteiger partial charge in [0.1, 0.15) is 42.3 Å². The summed E-state index contributed by atoms with van der Waals surface area (Å²) < 4.78 is 72.6. The Hall–Kier alpha value is -8.24. The van der Waals surface area contributed by atoms with Crippen LogP contribution in [0.5, 0.6) is 0 Å². The molecule has 24 nitrogen and oxygen atoms in total. The van der Waals surface area contributed by atoms with Gasteiger partial charge in [0.15, 0.2) is 0 Å². The van der Waals surface area contributed by atoms with Gasteiger partial charge in [0.05, 0.1) is 36.6 Å². The lowest BCUT2D eigenvalue weighted by Gasteiger charge is -2.41. The fourth-order valence-electron chi connectivity index (χ4n) is 14.2. The number of hydrogen-bond donors (Lipinski definition) is 2. The molecule has 6 rings (SSSR count). The van der Waals surface area contributed by atoms with Crippen molar-refractivity contribution in [1.82, 2.24) is 59.6 Å². The first-order valence-corrected chi connectivity index (χ1v) is 36.4. The third-order valence-corrected chi connectivity index (χ3v) is 21.1. The highest BCUT2D eigenvalue weighted by molar-refractivity contribution is 6.31. The van der Waals surface area contributed by atoms with Gasteiger partial charge in [0.2, 0.25) is 76.8 Å². The lowest BCUT2D eigenvalue weighted by atomic mass is 9.82. The van der Waals surface area contributed by atoms with Gasteiger partial charge in [-0.25, -0.2) is 8.78 Å². The van der Waals surface area contributed by atoms with E-state index in [2.05, 4.69) is 17.2 Å². The van der Waals surface area contributed by atoms with Crippen molar-refractivity contribution in [1.29, 1.82) is 0 Å². The predicted octanol–water partition coefficient (Wildman–Crippen LogP) is 6.37. The molecule has 3 heterocycles. The van der Waals surface area contributed by atoms with Crippen LogP contribution in [0.3, 0.4) is 0 Å². The maximum atomic E-state index is 15.6. The maximum Gasteiger partial charge on any atom is 0.417 e. The van der Waals surface area contributed by atoms with Crippen molar-refractivity contribution in [3.8, 4) is 0 Å². The molecule has 4 fully saturated rings. The lowest BCUT2D eigenvalue weighted by molar-refractivity contribution is -0.157. The quantitative estimate of drug-likeness (QED) is 0.164. The second-order valence-electron chi connectivity index (χ2n) is 28.7. The number of rotatable bonds is 13. The summed E-state index contributed by atoms with van der Waals surface area (Å²) in [4.78, 5) is 188. The summed E-state index contributed by atoms with van der Waals surface area (Å²) in [6.07, 6.45) is 0.0234. The Balaban J connectivity index is 1.39. The van der Waals surface area contributed by atoms with Crippen LogP contribution in [-0.4, -0.2) is 270 Å². The molecular weight excluding hydrogens is 1380 g/mol. The van der Waals surface area contributed by atoms with Gasteiger partial charge in [-0.05, 0) is 113 Å². The number of halogens is 6. The summed E-state index contributed by atoms with van der Waals surface area (Å²) in [6, 6.07) is 0.302. The standard InChI is InChI=1S/C74H106ClF5N12O12/c1-13-36-92-64(48(4)14-2)71(103)85(8)45-62(96)83(6)46-63(97)86(9)56(41-50-29-27-47(3)28-30-50)68(100)84(7)44-59(93)82-54(34-32-49-31-33-52(53(75)40-49)74(78,79)80)67(99)91-39-22-25-55(91)66(98)81-35-19-18-26-60(94)89(12)65(51-23-16-15-17-24-51)72(104)88(11)57(69(101)90-37-20-21-38-90)42-61(95)87(10)58(70(92)102)43-73(5,76)77/h13,27-31,33,40,48,51,54-58,64-65H,1,14-26,32,34-39,41-46H2,2-12H3,(H,81,98)(H,82,93)/t48-,54-,55-,56-,57-,58-,64-,65-/m0/s1. The van der Waals surface area contributed by atoms with Crippen LogP contribution in [0.25, 0.3) is 0 Å². The molecule has 576 valence electrons. The second-order valence-corrected chi connectivity index (χ2v) is 29.1. The van der Waals surface area contributed by atoms with Crippen LogP contribution in [0, 0.1) is 18.8 Å². The van der Waals surface area contributed by atoms with Gasteiger partial charge in [0, 0.05) is 101 Å². The van der Waals surface area contributed by atoms with Gasteiger partial charge in [-0.2, -0.15) is 13.2 Å². The molecule has 12 amide bonds. The molecule has 8 atom stereocenters. The van der Waals surface area contributed by atoms with Crippen molar-refractivity contribution in [2.75, 3.05) is 102 Å². The molecule has 3 aliphatic heterocycles. The number of amides is 12. The summed E-state index contributed by atoms with van der Waals surface area (Å²) in [6.45, 7) is 7.85. The van der Waals surface area contributed by atoms with E-state index in [-0.39, 0.29) is 70.4 Å². The molecule has 30 heteroatoms. The zero-order chi connectivity index (χ0) is 77.2. The first-order chi connectivity index (χ1) is 48.9. The number of likely N-dealkylation sites (tertiary alicyclic amines) is 1. The Morgan fingerprint density at radius 2 is 1.27 bits per heavy atom. The maximum absolute atomic E-state index is 15.6. The van der Waals surface area contributed by atoms with E-state index in [4.69, 9.17) is 11.6 Å². The van der Waals surface area contributed by atoms with Crippen molar-refractivity contribution >= 4 is 82.5 Å². The molecule has 2 aromatic rings. The number of carbonyl (C=O) groups is 12. The van der Waals surface area contributed by atoms with Gasteiger partial charge in [-0.3, -0.25) is 57.5 Å². The van der Waals surface area contributed by atoms with E-state index in [0.29, 0.717) is 63.2 Å². The average molecular weight is 1490 g/mol. The summed E-state index contributed by atoms with van der Waals surface area (Å²) in [5.41, 5.74) is 0.697. The van der Waals surface area contributed by atoms with Crippen LogP contribution in [0.1, 0.15) is 146 Å². The third-order valence-electron chi connectivity index (χ3n) is 20.8. The Morgan fingerprint density at radius 1 is 0.654 bits per heavy atom. The molecule has 2 aromatic carbocycles. The lowest BCUT2D eigenvalue weighted by Crippen LogP contribution is -2.60. The summed E-state index contributed by atoms with van der Waals surface area (Å²) in [7, 11) is 9.18. The second kappa shape index (κ2) is 38.2. The first kappa shape index (κ1) is 84.7. The monoisotopic (exact) mass is 1480 g/mol. The number of likely N-dealkylation sites (N-methyl/N-ethyl adjacent to an activating group) is 7. The molecule has 4 aliphatic rings. The molecule has 3 saturated heterocycles. The van der Waals surface area contributed by atoms with Crippen LogP contribution in [0.15, 0.2) is 55.1 Å². The van der Waals surface area contributed by atoms with E-state index in [1.54, 1.807) is 38.1 Å². The molecule has 2 N–H and O–H groups in total. The molecule has 0 bridgehead atoms. The molecule has 1 saturated carbocycles. The number of carbonyl (C=O) groups excluding carboxylic acids is 12. The normalized spacial score (nSPS) is 24.5. The van der Waals surface area contributed by atoms with Gasteiger partial charge < -0.3 is 59.6 Å². The number of nitrogens with zero attached hydrogens (tertiary/aromatic N) is 10. The first-order valence-electron chi connectivity index (χ1n) is 36.0. The van der Waals surface area contributed by atoms with Crippen molar-refractivity contribution in [2.24, 2.45) is 11.8 Å². The molecule has 1 aliphatic carbocycles. The average Bonchev–Trinajstić information content (AvgIpc) is 0.890. The number of nitrogens with one attached hydrogen (secondary N) is 2. The number of fused-ring (bicyclic) bond motifs is 1. The molecule has 104 heavy (non-hydrogen) atoms. The van der Waals surface area contributed by atoms with Crippen molar-refractivity contribution in [3.63, 3.8) is 0 Å². The number of benzene rings is 2. The molecule has 0 radical (unpaired) electrons. The van der Waals surface area contributed by atoms with Crippen LogP contribution >= 0.6 is 11.6 Å². The number of aryl methyl sites for hydroxylation is 2. The topological polar surface area (TPSA) is 261 Å². The van der Waals surface area contributed by atoms with Crippen LogP contribution in [-0.2, 0) is 76.6 Å². The minimum absolute atomic E-state index is 0.0448. The van der Waals surface area contributed by atoms with E-state index in [1.807, 2.05) is 6.92 Å². The molecular formula is C74H106ClF5N12O12. The summed E-state index contributed by atoms with van der Waals surface area (Å²) >= 11 is 6.10. The minimum Gasteiger partial charge on any atom is -0.354 e. The number of alkyl halides is 5. The van der Waals surface area contributed by atoms with Crippen LogP contribution < -0.4 is 10.6 Å². The Morgan fingerprint density at radius 3 is 1.88 bits per heavy atom. The highest BCUT2D eigenvalue weighted by atomic mass is 35.5. The van der Waals surface area contributed by atoms with E-state index >= 15 is 18.4 Å². The highest BCUT2D eigenvalue weighted by Crippen LogP contribution is 2.36. The molecule has 0 aromatic heterocycles. The van der Waals surface area contributed by atoms with Crippen LogP contribution in [0.2, 0.25) is 5.02 Å². The van der Waals surface area contributed by atoms with Crippen molar-refractivity contribution < 1.29 is 79.5 Å². The van der Waals surface area contributed by atoms with E-state index in [1.165, 1.54) is 69.1 Å². The molecule has 0 spiro atoms. The smallest absolute Gasteiger partial charge is 0.354 e. The zero-order valence-corrected chi connectivity index (χ0v) is 62.8. The number of hydrogen-bond acceptors (Lipinski definition) is 12. The fraction of sp³-hybridized carbons (Fsp3) is 0.649. The van der Waals surface area contributed by atoms with E-state index in [9.17, 15) is 61.1 Å². The minimum atomic E-state index is -4.76.